The molecule has 0 aliphatic rings. The molecule has 112 valence electrons. The van der Waals surface area contributed by atoms with Crippen LogP contribution in [0.15, 0.2) is 24.3 Å². The maximum Gasteiger partial charge on any atom is 0.325 e. The molecule has 0 aliphatic carbocycles. The van der Waals surface area contributed by atoms with Crippen molar-refractivity contribution in [3.63, 3.8) is 0 Å². The Bertz CT molecular complexity index is 613. The maximum atomic E-state index is 11.9. The molecule has 2 rings (SSSR count). The number of rotatable bonds is 5. The summed E-state index contributed by atoms with van der Waals surface area (Å²) in [6.07, 6.45) is 0. The fourth-order valence-corrected chi connectivity index (χ4v) is 2.50. The summed E-state index contributed by atoms with van der Waals surface area (Å²) in [4.78, 5) is 11.9. The molecule has 0 spiro atoms. The number of aryl methyl sites for hydroxylation is 1. The normalized spacial score (nSPS) is 12.0. The van der Waals surface area contributed by atoms with Gasteiger partial charge in [0.25, 0.3) is 0 Å². The third kappa shape index (κ3) is 4.51. The number of urea groups is 1. The third-order valence-corrected chi connectivity index (χ3v) is 3.66. The lowest BCUT2D eigenvalue weighted by molar-refractivity contribution is 0.262. The summed E-state index contributed by atoms with van der Waals surface area (Å²) in [7, 11) is 0. The van der Waals surface area contributed by atoms with Gasteiger partial charge in [0.15, 0.2) is 0 Å². The minimum absolute atomic E-state index is 0.241. The second-order valence-corrected chi connectivity index (χ2v) is 5.79. The maximum absolute atomic E-state index is 11.9. The predicted octanol–water partition coefficient (Wildman–Crippen LogP) is 3.16. The van der Waals surface area contributed by atoms with Crippen molar-refractivity contribution in [1.29, 1.82) is 0 Å². The second kappa shape index (κ2) is 7.14. The number of anilines is 2. The highest BCUT2D eigenvalue weighted by molar-refractivity contribution is 7.15. The molecule has 1 atom stereocenters. The Balaban J connectivity index is 1.99. The van der Waals surface area contributed by atoms with Gasteiger partial charge in [0.1, 0.15) is 5.01 Å². The van der Waals surface area contributed by atoms with Gasteiger partial charge in [-0.2, -0.15) is 0 Å². The number of hydrogen-bond donors (Lipinski definition) is 3. The van der Waals surface area contributed by atoms with Crippen LogP contribution in [-0.4, -0.2) is 22.8 Å². The number of aromatic nitrogens is 2. The van der Waals surface area contributed by atoms with Gasteiger partial charge in [0.05, 0.1) is 0 Å². The van der Waals surface area contributed by atoms with Gasteiger partial charge in [-0.05, 0) is 38.1 Å². The molecule has 2 aromatic rings. The molecule has 1 heterocycles. The molecule has 0 aliphatic heterocycles. The largest absolute Gasteiger partial charge is 0.325 e. The molecule has 21 heavy (non-hydrogen) atoms. The SMILES string of the molecule is CCNC(C)c1cccc(NC(=O)Nc2nnc(C)s2)c1. The quantitative estimate of drug-likeness (QED) is 0.793. The van der Waals surface area contributed by atoms with E-state index in [1.165, 1.54) is 11.3 Å². The molecule has 1 unspecified atom stereocenters. The molecule has 6 nitrogen and oxygen atoms in total. The van der Waals surface area contributed by atoms with Crippen LogP contribution in [0.1, 0.15) is 30.5 Å². The molecule has 2 amide bonds. The Kier molecular flexibility index (Phi) is 5.24. The zero-order valence-electron chi connectivity index (χ0n) is 12.3. The van der Waals surface area contributed by atoms with Gasteiger partial charge in [0, 0.05) is 11.7 Å². The number of benzene rings is 1. The van der Waals surface area contributed by atoms with Gasteiger partial charge in [-0.3, -0.25) is 5.32 Å². The highest BCUT2D eigenvalue weighted by Gasteiger charge is 2.08. The van der Waals surface area contributed by atoms with Crippen LogP contribution < -0.4 is 16.0 Å². The van der Waals surface area contributed by atoms with E-state index >= 15 is 0 Å². The number of nitrogens with one attached hydrogen (secondary N) is 3. The molecule has 7 heteroatoms. The van der Waals surface area contributed by atoms with Crippen LogP contribution in [0.2, 0.25) is 0 Å². The first-order chi connectivity index (χ1) is 10.1. The van der Waals surface area contributed by atoms with Crippen molar-refractivity contribution in [3.05, 3.63) is 34.8 Å². The summed E-state index contributed by atoms with van der Waals surface area (Å²) in [5, 5.41) is 17.8. The zero-order valence-corrected chi connectivity index (χ0v) is 13.1. The number of nitrogens with zero attached hydrogens (tertiary/aromatic N) is 2. The van der Waals surface area contributed by atoms with E-state index in [2.05, 4.69) is 40.0 Å². The summed E-state index contributed by atoms with van der Waals surface area (Å²) >= 11 is 1.34. The van der Waals surface area contributed by atoms with E-state index in [0.717, 1.165) is 22.8 Å². The van der Waals surface area contributed by atoms with E-state index in [-0.39, 0.29) is 12.1 Å². The second-order valence-electron chi connectivity index (χ2n) is 4.61. The van der Waals surface area contributed by atoms with Crippen LogP contribution in [0.25, 0.3) is 0 Å². The minimum atomic E-state index is -0.320. The molecule has 0 radical (unpaired) electrons. The Morgan fingerprint density at radius 2 is 2.14 bits per heavy atom. The molecule has 0 bridgehead atoms. The summed E-state index contributed by atoms with van der Waals surface area (Å²) in [6.45, 7) is 6.89. The molecular formula is C14H19N5OS. The first-order valence-electron chi connectivity index (χ1n) is 6.80. The van der Waals surface area contributed by atoms with Gasteiger partial charge in [-0.25, -0.2) is 4.79 Å². The van der Waals surface area contributed by atoms with Crippen LogP contribution >= 0.6 is 11.3 Å². The summed E-state index contributed by atoms with van der Waals surface area (Å²) < 4.78 is 0. The third-order valence-electron chi connectivity index (χ3n) is 2.90. The highest BCUT2D eigenvalue weighted by atomic mass is 32.1. The molecule has 0 fully saturated rings. The first-order valence-corrected chi connectivity index (χ1v) is 7.61. The van der Waals surface area contributed by atoms with Crippen molar-refractivity contribution in [1.82, 2.24) is 15.5 Å². The number of amides is 2. The van der Waals surface area contributed by atoms with Crippen molar-refractivity contribution < 1.29 is 4.79 Å². The number of hydrogen-bond acceptors (Lipinski definition) is 5. The van der Waals surface area contributed by atoms with Crippen LogP contribution in [0.3, 0.4) is 0 Å². The predicted molar refractivity (Wildman–Crippen MR) is 85.8 cm³/mol. The van der Waals surface area contributed by atoms with Crippen LogP contribution in [0, 0.1) is 6.92 Å². The van der Waals surface area contributed by atoms with Crippen LogP contribution in [0.5, 0.6) is 0 Å². The smallest absolute Gasteiger partial charge is 0.310 e. The highest BCUT2D eigenvalue weighted by Crippen LogP contribution is 2.18. The average Bonchev–Trinajstić information content (AvgIpc) is 2.84. The van der Waals surface area contributed by atoms with E-state index in [4.69, 9.17) is 0 Å². The number of carbonyl (C=O) groups excluding carboxylic acids is 1. The molecule has 1 aromatic heterocycles. The molecule has 0 saturated carbocycles. The van der Waals surface area contributed by atoms with Gasteiger partial charge in [0.2, 0.25) is 5.13 Å². The standard InChI is InChI=1S/C14H19N5OS/c1-4-15-9(2)11-6-5-7-12(8-11)16-13(20)17-14-19-18-10(3)21-14/h5-9,15H,4H2,1-3H3,(H2,16,17,19,20). The average molecular weight is 305 g/mol. The van der Waals surface area contributed by atoms with Crippen molar-refractivity contribution in [2.24, 2.45) is 0 Å². The lowest BCUT2D eigenvalue weighted by Gasteiger charge is -2.14. The lowest BCUT2D eigenvalue weighted by atomic mass is 10.1. The van der Waals surface area contributed by atoms with E-state index in [9.17, 15) is 4.79 Å². The van der Waals surface area contributed by atoms with Gasteiger partial charge < -0.3 is 10.6 Å². The van der Waals surface area contributed by atoms with Crippen LogP contribution in [-0.2, 0) is 0 Å². The molecule has 1 aromatic carbocycles. The van der Waals surface area contributed by atoms with Gasteiger partial charge in [-0.1, -0.05) is 30.4 Å². The Morgan fingerprint density at radius 3 is 2.81 bits per heavy atom. The van der Waals surface area contributed by atoms with E-state index < -0.39 is 0 Å². The zero-order chi connectivity index (χ0) is 15.2. The van der Waals surface area contributed by atoms with E-state index in [0.29, 0.717) is 5.13 Å². The fourth-order valence-electron chi connectivity index (χ4n) is 1.92. The van der Waals surface area contributed by atoms with E-state index in [1.54, 1.807) is 0 Å². The summed E-state index contributed by atoms with van der Waals surface area (Å²) in [6, 6.07) is 7.69. The van der Waals surface area contributed by atoms with Gasteiger partial charge >= 0.3 is 6.03 Å². The molecule has 3 N–H and O–H groups in total. The minimum Gasteiger partial charge on any atom is -0.310 e. The summed E-state index contributed by atoms with van der Waals surface area (Å²) in [5.74, 6) is 0. The topological polar surface area (TPSA) is 78.9 Å². The lowest BCUT2D eigenvalue weighted by Crippen LogP contribution is -2.20. The number of carbonyl (C=O) groups is 1. The molecular weight excluding hydrogens is 286 g/mol. The Labute approximate surface area is 128 Å². The molecule has 0 saturated heterocycles. The van der Waals surface area contributed by atoms with Gasteiger partial charge in [-0.15, -0.1) is 10.2 Å². The van der Waals surface area contributed by atoms with E-state index in [1.807, 2.05) is 31.2 Å². The monoisotopic (exact) mass is 305 g/mol. The summed E-state index contributed by atoms with van der Waals surface area (Å²) in [5.41, 5.74) is 1.87. The van der Waals surface area contributed by atoms with Crippen molar-refractivity contribution in [3.8, 4) is 0 Å². The first kappa shape index (κ1) is 15.4. The Hall–Kier alpha value is -1.99. The van der Waals surface area contributed by atoms with Crippen molar-refractivity contribution >= 4 is 28.2 Å². The fraction of sp³-hybridized carbons (Fsp3) is 0.357. The van der Waals surface area contributed by atoms with Crippen LogP contribution in [0.4, 0.5) is 15.6 Å². The Morgan fingerprint density at radius 1 is 1.33 bits per heavy atom. The van der Waals surface area contributed by atoms with Crippen molar-refractivity contribution in [2.45, 2.75) is 26.8 Å². The van der Waals surface area contributed by atoms with Crippen molar-refractivity contribution in [2.75, 3.05) is 17.2 Å².